The Kier molecular flexibility index (Phi) is 2.28. The van der Waals surface area contributed by atoms with Crippen molar-refractivity contribution in [2.24, 2.45) is 5.73 Å². The van der Waals surface area contributed by atoms with Gasteiger partial charge in [0.25, 0.3) is 0 Å². The van der Waals surface area contributed by atoms with Crippen molar-refractivity contribution in [1.82, 2.24) is 14.8 Å². The molecule has 1 unspecified atom stereocenters. The molecule has 0 bridgehead atoms. The van der Waals surface area contributed by atoms with Crippen molar-refractivity contribution in [3.8, 4) is 0 Å². The molecule has 1 aromatic rings. The Bertz CT molecular complexity index is 283. The van der Waals surface area contributed by atoms with Gasteiger partial charge < -0.3 is 15.4 Å². The molecule has 1 aromatic heterocycles. The predicted octanol–water partition coefficient (Wildman–Crippen LogP) is -0.914. The van der Waals surface area contributed by atoms with Crippen molar-refractivity contribution in [2.45, 2.75) is 31.9 Å². The fourth-order valence-electron chi connectivity index (χ4n) is 1.69. The molecule has 0 aliphatic carbocycles. The highest BCUT2D eigenvalue weighted by atomic mass is 16.3. The highest BCUT2D eigenvalue weighted by molar-refractivity contribution is 5.00. The van der Waals surface area contributed by atoms with Crippen LogP contribution in [-0.4, -0.2) is 32.5 Å². The molecule has 1 atom stereocenters. The Labute approximate surface area is 76.6 Å². The van der Waals surface area contributed by atoms with Crippen LogP contribution in [0.15, 0.2) is 0 Å². The van der Waals surface area contributed by atoms with Gasteiger partial charge in [-0.2, -0.15) is 0 Å². The Morgan fingerprint density at radius 1 is 1.54 bits per heavy atom. The molecule has 0 amide bonds. The van der Waals surface area contributed by atoms with E-state index in [4.69, 9.17) is 5.73 Å². The van der Waals surface area contributed by atoms with Crippen molar-refractivity contribution in [3.05, 3.63) is 11.6 Å². The average Bonchev–Trinajstić information content (AvgIpc) is 2.49. The van der Waals surface area contributed by atoms with Crippen LogP contribution < -0.4 is 5.73 Å². The first-order chi connectivity index (χ1) is 6.31. The van der Waals surface area contributed by atoms with Gasteiger partial charge in [0.2, 0.25) is 0 Å². The lowest BCUT2D eigenvalue weighted by atomic mass is 10.1. The van der Waals surface area contributed by atoms with E-state index >= 15 is 0 Å². The fourth-order valence-corrected chi connectivity index (χ4v) is 1.69. The quantitative estimate of drug-likeness (QED) is 0.620. The third-order valence-corrected chi connectivity index (χ3v) is 2.38. The zero-order chi connectivity index (χ0) is 9.26. The summed E-state index contributed by atoms with van der Waals surface area (Å²) in [6.07, 6.45) is 1.94. The molecule has 72 valence electrons. The SMILES string of the molecule is NCCc1nnc2n1CCC(O)C2. The summed E-state index contributed by atoms with van der Waals surface area (Å²) in [6.45, 7) is 1.42. The maximum absolute atomic E-state index is 9.39. The summed E-state index contributed by atoms with van der Waals surface area (Å²) >= 11 is 0. The van der Waals surface area contributed by atoms with Crippen molar-refractivity contribution in [3.63, 3.8) is 0 Å². The molecular weight excluding hydrogens is 168 g/mol. The molecule has 5 heteroatoms. The number of hydrogen-bond donors (Lipinski definition) is 2. The number of nitrogens with zero attached hydrogens (tertiary/aromatic N) is 3. The molecule has 0 spiro atoms. The van der Waals surface area contributed by atoms with E-state index in [-0.39, 0.29) is 6.10 Å². The summed E-state index contributed by atoms with van der Waals surface area (Å²) in [7, 11) is 0. The number of rotatable bonds is 2. The maximum atomic E-state index is 9.39. The lowest BCUT2D eigenvalue weighted by Crippen LogP contribution is -2.24. The molecule has 2 heterocycles. The van der Waals surface area contributed by atoms with Gasteiger partial charge in [-0.15, -0.1) is 10.2 Å². The average molecular weight is 182 g/mol. The highest BCUT2D eigenvalue weighted by Crippen LogP contribution is 2.14. The van der Waals surface area contributed by atoms with Crippen LogP contribution in [0, 0.1) is 0 Å². The number of aliphatic hydroxyl groups excluding tert-OH is 1. The second kappa shape index (κ2) is 3.43. The standard InChI is InChI=1S/C8H14N4O/c9-3-1-7-10-11-8-5-6(13)2-4-12(7)8/h6,13H,1-5,9H2. The van der Waals surface area contributed by atoms with E-state index in [2.05, 4.69) is 14.8 Å². The van der Waals surface area contributed by atoms with Crippen LogP contribution in [0.4, 0.5) is 0 Å². The first-order valence-electron chi connectivity index (χ1n) is 4.60. The molecule has 5 nitrogen and oxygen atoms in total. The Morgan fingerprint density at radius 2 is 2.38 bits per heavy atom. The summed E-state index contributed by atoms with van der Waals surface area (Å²) in [5, 5.41) is 17.5. The number of nitrogens with two attached hydrogens (primary N) is 1. The molecule has 1 aliphatic heterocycles. The van der Waals surface area contributed by atoms with E-state index < -0.39 is 0 Å². The summed E-state index contributed by atoms with van der Waals surface area (Å²) in [5.41, 5.74) is 5.45. The highest BCUT2D eigenvalue weighted by Gasteiger charge is 2.20. The molecule has 2 rings (SSSR count). The molecule has 0 radical (unpaired) electrons. The van der Waals surface area contributed by atoms with Gasteiger partial charge in [-0.3, -0.25) is 0 Å². The van der Waals surface area contributed by atoms with Crippen LogP contribution in [0.2, 0.25) is 0 Å². The van der Waals surface area contributed by atoms with E-state index in [0.29, 0.717) is 13.0 Å². The van der Waals surface area contributed by atoms with Crippen molar-refractivity contribution >= 4 is 0 Å². The van der Waals surface area contributed by atoms with E-state index in [0.717, 1.165) is 31.0 Å². The minimum Gasteiger partial charge on any atom is -0.393 e. The van der Waals surface area contributed by atoms with E-state index in [1.165, 1.54) is 0 Å². The van der Waals surface area contributed by atoms with Gasteiger partial charge in [0.05, 0.1) is 6.10 Å². The normalized spacial score (nSPS) is 21.5. The number of aliphatic hydroxyl groups is 1. The van der Waals surface area contributed by atoms with Gasteiger partial charge in [0.1, 0.15) is 11.6 Å². The second-order valence-corrected chi connectivity index (χ2v) is 3.37. The van der Waals surface area contributed by atoms with Gasteiger partial charge in [0.15, 0.2) is 0 Å². The van der Waals surface area contributed by atoms with Crippen LogP contribution >= 0.6 is 0 Å². The van der Waals surface area contributed by atoms with Crippen LogP contribution in [0.5, 0.6) is 0 Å². The molecule has 0 aromatic carbocycles. The van der Waals surface area contributed by atoms with Gasteiger partial charge in [-0.1, -0.05) is 0 Å². The first-order valence-corrected chi connectivity index (χ1v) is 4.60. The number of fused-ring (bicyclic) bond motifs is 1. The van der Waals surface area contributed by atoms with Gasteiger partial charge in [0, 0.05) is 19.4 Å². The Hall–Kier alpha value is -0.940. The fraction of sp³-hybridized carbons (Fsp3) is 0.750. The van der Waals surface area contributed by atoms with Crippen LogP contribution in [0.25, 0.3) is 0 Å². The minimum absolute atomic E-state index is 0.248. The van der Waals surface area contributed by atoms with Gasteiger partial charge in [-0.05, 0) is 13.0 Å². The molecule has 3 N–H and O–H groups in total. The monoisotopic (exact) mass is 182 g/mol. The van der Waals surface area contributed by atoms with Gasteiger partial charge >= 0.3 is 0 Å². The first kappa shape index (κ1) is 8.65. The molecule has 0 saturated carbocycles. The molecule has 0 saturated heterocycles. The molecule has 13 heavy (non-hydrogen) atoms. The van der Waals surface area contributed by atoms with E-state index in [1.807, 2.05) is 0 Å². The summed E-state index contributed by atoms with van der Waals surface area (Å²) in [5.74, 6) is 1.84. The largest absolute Gasteiger partial charge is 0.393 e. The minimum atomic E-state index is -0.248. The zero-order valence-corrected chi connectivity index (χ0v) is 7.48. The zero-order valence-electron chi connectivity index (χ0n) is 7.48. The smallest absolute Gasteiger partial charge is 0.135 e. The topological polar surface area (TPSA) is 77.0 Å². The maximum Gasteiger partial charge on any atom is 0.135 e. The van der Waals surface area contributed by atoms with Crippen molar-refractivity contribution in [1.29, 1.82) is 0 Å². The molecule has 0 fully saturated rings. The van der Waals surface area contributed by atoms with Crippen molar-refractivity contribution < 1.29 is 5.11 Å². The Balaban J connectivity index is 2.23. The molecular formula is C8H14N4O. The van der Waals surface area contributed by atoms with E-state index in [1.54, 1.807) is 0 Å². The number of hydrogen-bond acceptors (Lipinski definition) is 4. The Morgan fingerprint density at radius 3 is 3.15 bits per heavy atom. The summed E-state index contributed by atoms with van der Waals surface area (Å²) in [6, 6.07) is 0. The molecule has 1 aliphatic rings. The van der Waals surface area contributed by atoms with Crippen molar-refractivity contribution in [2.75, 3.05) is 6.54 Å². The summed E-state index contributed by atoms with van der Waals surface area (Å²) < 4.78 is 2.07. The number of aromatic nitrogens is 3. The predicted molar refractivity (Wildman–Crippen MR) is 47.1 cm³/mol. The summed E-state index contributed by atoms with van der Waals surface area (Å²) in [4.78, 5) is 0. The lowest BCUT2D eigenvalue weighted by Gasteiger charge is -2.19. The van der Waals surface area contributed by atoms with E-state index in [9.17, 15) is 5.11 Å². The van der Waals surface area contributed by atoms with Crippen LogP contribution in [0.1, 0.15) is 18.1 Å². The van der Waals surface area contributed by atoms with Crippen LogP contribution in [-0.2, 0) is 19.4 Å². The lowest BCUT2D eigenvalue weighted by molar-refractivity contribution is 0.141. The van der Waals surface area contributed by atoms with Gasteiger partial charge in [-0.25, -0.2) is 0 Å². The van der Waals surface area contributed by atoms with Crippen LogP contribution in [0.3, 0.4) is 0 Å². The third-order valence-electron chi connectivity index (χ3n) is 2.38. The second-order valence-electron chi connectivity index (χ2n) is 3.37. The third kappa shape index (κ3) is 1.57.